The van der Waals surface area contributed by atoms with Crippen molar-refractivity contribution in [2.45, 2.75) is 96.9 Å². The first-order valence-corrected chi connectivity index (χ1v) is 12.2. The molecular formula is C25H42O5. The molecule has 0 aromatic carbocycles. The average Bonchev–Trinajstić information content (AvgIpc) is 3.06. The highest BCUT2D eigenvalue weighted by Crippen LogP contribution is 2.68. The lowest BCUT2D eigenvalue weighted by Gasteiger charge is -2.63. The number of aliphatic hydroxyl groups is 3. The molecule has 0 saturated heterocycles. The van der Waals surface area contributed by atoms with Gasteiger partial charge in [-0.05, 0) is 97.7 Å². The molecule has 0 aromatic heterocycles. The molecule has 0 spiro atoms. The van der Waals surface area contributed by atoms with Gasteiger partial charge in [0.25, 0.3) is 0 Å². The second kappa shape index (κ2) is 8.04. The molecule has 0 radical (unpaired) electrons. The molecule has 11 atom stereocenters. The highest BCUT2D eigenvalue weighted by molar-refractivity contribution is 5.69. The van der Waals surface area contributed by atoms with E-state index in [0.29, 0.717) is 36.0 Å². The fourth-order valence-corrected chi connectivity index (χ4v) is 8.78. The van der Waals surface area contributed by atoms with Crippen molar-refractivity contribution in [2.75, 3.05) is 7.11 Å². The molecular weight excluding hydrogens is 380 g/mol. The summed E-state index contributed by atoms with van der Waals surface area (Å²) < 4.78 is 4.83. The number of carbonyl (C=O) groups is 1. The quantitative estimate of drug-likeness (QED) is 0.603. The summed E-state index contributed by atoms with van der Waals surface area (Å²) in [6.45, 7) is 6.85. The number of carbonyl (C=O) groups excluding carboxylic acids is 1. The Labute approximate surface area is 181 Å². The van der Waals surface area contributed by atoms with Gasteiger partial charge >= 0.3 is 5.97 Å². The smallest absolute Gasteiger partial charge is 0.305 e. The second-order valence-electron chi connectivity index (χ2n) is 11.6. The fraction of sp³-hybridized carbons (Fsp3) is 0.960. The molecule has 4 rings (SSSR count). The minimum atomic E-state index is -0.369. The van der Waals surface area contributed by atoms with Crippen molar-refractivity contribution in [2.24, 2.45) is 46.3 Å². The van der Waals surface area contributed by atoms with Gasteiger partial charge in [0.2, 0.25) is 0 Å². The van der Waals surface area contributed by atoms with Crippen LogP contribution in [0.4, 0.5) is 0 Å². The largest absolute Gasteiger partial charge is 0.469 e. The molecule has 4 saturated carbocycles. The molecule has 0 aliphatic heterocycles. The summed E-state index contributed by atoms with van der Waals surface area (Å²) in [5.41, 5.74) is -0.0882. The zero-order chi connectivity index (χ0) is 21.8. The first-order chi connectivity index (χ1) is 14.1. The van der Waals surface area contributed by atoms with Crippen molar-refractivity contribution in [3.8, 4) is 0 Å². The topological polar surface area (TPSA) is 87.0 Å². The molecule has 4 aliphatic carbocycles. The number of hydrogen-bond acceptors (Lipinski definition) is 5. The van der Waals surface area contributed by atoms with Crippen molar-refractivity contribution < 1.29 is 24.9 Å². The Morgan fingerprint density at radius 3 is 2.50 bits per heavy atom. The van der Waals surface area contributed by atoms with Crippen molar-refractivity contribution in [3.05, 3.63) is 0 Å². The van der Waals surface area contributed by atoms with Crippen LogP contribution in [0.5, 0.6) is 0 Å². The van der Waals surface area contributed by atoms with Crippen molar-refractivity contribution in [3.63, 3.8) is 0 Å². The molecule has 0 unspecified atom stereocenters. The van der Waals surface area contributed by atoms with Crippen molar-refractivity contribution in [1.82, 2.24) is 0 Å². The van der Waals surface area contributed by atoms with E-state index in [1.807, 2.05) is 0 Å². The Balaban J connectivity index is 1.58. The Hall–Kier alpha value is -0.650. The third-order valence-corrected chi connectivity index (χ3v) is 10.6. The summed E-state index contributed by atoms with van der Waals surface area (Å²) in [5, 5.41) is 33.1. The Bertz CT molecular complexity index is 651. The molecule has 0 heterocycles. The van der Waals surface area contributed by atoms with Gasteiger partial charge in [-0.25, -0.2) is 0 Å². The van der Waals surface area contributed by atoms with Gasteiger partial charge in [0.15, 0.2) is 0 Å². The third kappa shape index (κ3) is 3.34. The number of esters is 1. The number of aliphatic hydroxyl groups excluding tert-OH is 3. The van der Waals surface area contributed by atoms with Crippen molar-refractivity contribution >= 4 is 5.97 Å². The summed E-state index contributed by atoms with van der Waals surface area (Å²) in [5.74, 6) is 1.81. The van der Waals surface area contributed by atoms with Crippen molar-refractivity contribution in [1.29, 1.82) is 0 Å². The highest BCUT2D eigenvalue weighted by Gasteiger charge is 2.65. The highest BCUT2D eigenvalue weighted by atomic mass is 16.5. The molecule has 5 nitrogen and oxygen atoms in total. The van der Waals surface area contributed by atoms with E-state index in [-0.39, 0.29) is 41.0 Å². The van der Waals surface area contributed by atoms with Crippen LogP contribution in [0.3, 0.4) is 0 Å². The predicted molar refractivity (Wildman–Crippen MR) is 114 cm³/mol. The molecule has 4 aliphatic rings. The standard InChI is InChI=1S/C25H42O5/c1-14(5-8-22(29)30-4)17-6-7-18-23-19(13-21(28)25(17,18)3)24(2)10-9-16(26)11-15(24)12-20(23)27/h14-21,23,26-28H,5-13H2,1-4H3/t14-,15-,16+,17+,18-,19-,20-,21-,23-,24+,25-/m1/s1. The van der Waals surface area contributed by atoms with Gasteiger partial charge in [0.05, 0.1) is 25.4 Å². The van der Waals surface area contributed by atoms with Gasteiger partial charge in [0, 0.05) is 6.42 Å². The van der Waals surface area contributed by atoms with Crippen LogP contribution in [-0.4, -0.2) is 46.7 Å². The Morgan fingerprint density at radius 2 is 1.80 bits per heavy atom. The minimum absolute atomic E-state index is 0.111. The Kier molecular flexibility index (Phi) is 6.04. The van der Waals surface area contributed by atoms with E-state index in [4.69, 9.17) is 4.74 Å². The van der Waals surface area contributed by atoms with Gasteiger partial charge in [0.1, 0.15) is 0 Å². The van der Waals surface area contributed by atoms with Crippen LogP contribution in [0, 0.1) is 46.3 Å². The minimum Gasteiger partial charge on any atom is -0.469 e. The summed E-state index contributed by atoms with van der Waals surface area (Å²) in [6, 6.07) is 0. The lowest BCUT2D eigenvalue weighted by atomic mass is 9.43. The van der Waals surface area contributed by atoms with E-state index in [1.165, 1.54) is 7.11 Å². The molecule has 5 heteroatoms. The van der Waals surface area contributed by atoms with Gasteiger partial charge < -0.3 is 20.1 Å². The van der Waals surface area contributed by atoms with Gasteiger partial charge in [-0.3, -0.25) is 4.79 Å². The van der Waals surface area contributed by atoms with Crippen LogP contribution in [0.2, 0.25) is 0 Å². The summed E-state index contributed by atoms with van der Waals surface area (Å²) in [6.07, 6.45) is 6.60. The Morgan fingerprint density at radius 1 is 1.07 bits per heavy atom. The number of methoxy groups -OCH3 is 1. The van der Waals surface area contributed by atoms with E-state index in [9.17, 15) is 20.1 Å². The normalized spacial score (nSPS) is 51.4. The first-order valence-electron chi connectivity index (χ1n) is 12.2. The van der Waals surface area contributed by atoms with Crippen LogP contribution in [0.25, 0.3) is 0 Å². The van der Waals surface area contributed by atoms with E-state index < -0.39 is 0 Å². The molecule has 0 bridgehead atoms. The zero-order valence-electron chi connectivity index (χ0n) is 19.2. The van der Waals surface area contributed by atoms with Gasteiger partial charge in [-0.1, -0.05) is 20.8 Å². The molecule has 3 N–H and O–H groups in total. The molecule has 4 fully saturated rings. The van der Waals surface area contributed by atoms with E-state index in [0.717, 1.165) is 51.4 Å². The number of rotatable bonds is 4. The van der Waals surface area contributed by atoms with E-state index in [2.05, 4.69) is 20.8 Å². The van der Waals surface area contributed by atoms with Crippen LogP contribution in [0.15, 0.2) is 0 Å². The number of ether oxygens (including phenoxy) is 1. The van der Waals surface area contributed by atoms with Crippen LogP contribution in [0.1, 0.15) is 78.6 Å². The van der Waals surface area contributed by atoms with Gasteiger partial charge in [-0.2, -0.15) is 0 Å². The molecule has 30 heavy (non-hydrogen) atoms. The summed E-state index contributed by atoms with van der Waals surface area (Å²) in [4.78, 5) is 11.7. The second-order valence-corrected chi connectivity index (χ2v) is 11.6. The maximum absolute atomic E-state index is 11.7. The number of fused-ring (bicyclic) bond motifs is 5. The fourth-order valence-electron chi connectivity index (χ4n) is 8.78. The predicted octanol–water partition coefficient (Wildman–Crippen LogP) is 3.54. The zero-order valence-corrected chi connectivity index (χ0v) is 19.2. The van der Waals surface area contributed by atoms with Crippen LogP contribution >= 0.6 is 0 Å². The monoisotopic (exact) mass is 422 g/mol. The maximum Gasteiger partial charge on any atom is 0.305 e. The molecule has 172 valence electrons. The number of hydrogen-bond donors (Lipinski definition) is 3. The summed E-state index contributed by atoms with van der Waals surface area (Å²) >= 11 is 0. The molecule has 0 aromatic rings. The van der Waals surface area contributed by atoms with Gasteiger partial charge in [-0.15, -0.1) is 0 Å². The first kappa shape index (κ1) is 22.5. The van der Waals surface area contributed by atoms with E-state index >= 15 is 0 Å². The van der Waals surface area contributed by atoms with Crippen LogP contribution in [-0.2, 0) is 9.53 Å². The lowest BCUT2D eigenvalue weighted by molar-refractivity contribution is -0.207. The van der Waals surface area contributed by atoms with E-state index in [1.54, 1.807) is 0 Å². The SMILES string of the molecule is COC(=O)CC[C@@H](C)[C@@H]1CC[C@@H]2[C@H]3[C@H](O)C[C@H]4C[C@@H](O)CC[C@]4(C)[C@@H]3C[C@@H](O)[C@@]21C. The molecule has 0 amide bonds. The lowest BCUT2D eigenvalue weighted by Crippen LogP contribution is -2.62. The average molecular weight is 423 g/mol. The third-order valence-electron chi connectivity index (χ3n) is 10.6. The van der Waals surface area contributed by atoms with Crippen LogP contribution < -0.4 is 0 Å². The maximum atomic E-state index is 11.7. The summed E-state index contributed by atoms with van der Waals surface area (Å²) in [7, 11) is 1.44.